The Morgan fingerprint density at radius 1 is 1.40 bits per heavy atom. The van der Waals surface area contributed by atoms with Gasteiger partial charge in [-0.05, 0) is 31.5 Å². The lowest BCUT2D eigenvalue weighted by Gasteiger charge is -2.11. The molecule has 0 aliphatic heterocycles. The van der Waals surface area contributed by atoms with Crippen LogP contribution in [0.5, 0.6) is 5.75 Å². The highest BCUT2D eigenvalue weighted by Crippen LogP contribution is 2.29. The molecule has 0 fully saturated rings. The smallest absolute Gasteiger partial charge is 0.263 e. The summed E-state index contributed by atoms with van der Waals surface area (Å²) >= 11 is 0. The molecular weight excluding hydrogens is 202 g/mol. The highest BCUT2D eigenvalue weighted by atomic mass is 19.3. The number of Topliss-reactive ketones (excluding diaryl/α,β-unsaturated/α-hetero) is 1. The second-order valence-corrected chi connectivity index (χ2v) is 3.28. The molecule has 0 unspecified atom stereocenters. The third kappa shape index (κ3) is 2.32. The van der Waals surface area contributed by atoms with Crippen LogP contribution in [0.3, 0.4) is 0 Å². The third-order valence-corrected chi connectivity index (χ3v) is 2.13. The molecule has 2 nitrogen and oxygen atoms in total. The standard InChI is InChI=1S/C11H12F2O2/c1-6-4-8(11(12)13)5-9(7(2)14)10(6)15-3/h4-5,11H,1-3H3. The van der Waals surface area contributed by atoms with Gasteiger partial charge < -0.3 is 4.74 Å². The third-order valence-electron chi connectivity index (χ3n) is 2.13. The Morgan fingerprint density at radius 2 is 2.00 bits per heavy atom. The number of carbonyl (C=O) groups excluding carboxylic acids is 1. The van der Waals surface area contributed by atoms with Gasteiger partial charge >= 0.3 is 0 Å². The number of methoxy groups -OCH3 is 1. The van der Waals surface area contributed by atoms with E-state index in [9.17, 15) is 13.6 Å². The summed E-state index contributed by atoms with van der Waals surface area (Å²) in [7, 11) is 1.41. The van der Waals surface area contributed by atoms with E-state index in [1.807, 2.05) is 0 Å². The molecule has 0 radical (unpaired) electrons. The van der Waals surface area contributed by atoms with Crippen molar-refractivity contribution in [3.05, 3.63) is 28.8 Å². The van der Waals surface area contributed by atoms with Crippen LogP contribution in [0, 0.1) is 6.92 Å². The monoisotopic (exact) mass is 214 g/mol. The quantitative estimate of drug-likeness (QED) is 0.722. The van der Waals surface area contributed by atoms with Crippen molar-refractivity contribution < 1.29 is 18.3 Å². The summed E-state index contributed by atoms with van der Waals surface area (Å²) in [6.07, 6.45) is -2.58. The van der Waals surface area contributed by atoms with Crippen LogP contribution in [0.4, 0.5) is 8.78 Å². The lowest BCUT2D eigenvalue weighted by atomic mass is 10.0. The molecule has 0 bridgehead atoms. The fourth-order valence-corrected chi connectivity index (χ4v) is 1.46. The SMILES string of the molecule is COc1c(C)cc(C(F)F)cc1C(C)=O. The maximum Gasteiger partial charge on any atom is 0.263 e. The van der Waals surface area contributed by atoms with E-state index in [0.717, 1.165) is 0 Å². The van der Waals surface area contributed by atoms with E-state index in [2.05, 4.69) is 0 Å². The Labute approximate surface area is 86.9 Å². The highest BCUT2D eigenvalue weighted by molar-refractivity contribution is 5.97. The van der Waals surface area contributed by atoms with Gasteiger partial charge in [0.1, 0.15) is 5.75 Å². The molecule has 0 aliphatic carbocycles. The zero-order chi connectivity index (χ0) is 11.6. The number of hydrogen-bond donors (Lipinski definition) is 0. The lowest BCUT2D eigenvalue weighted by Crippen LogP contribution is -2.01. The number of aryl methyl sites for hydroxylation is 1. The molecule has 1 rings (SSSR count). The Bertz CT molecular complexity index is 386. The largest absolute Gasteiger partial charge is 0.496 e. The van der Waals surface area contributed by atoms with Crippen LogP contribution in [-0.4, -0.2) is 12.9 Å². The fraction of sp³-hybridized carbons (Fsp3) is 0.364. The van der Waals surface area contributed by atoms with Gasteiger partial charge in [0.25, 0.3) is 6.43 Å². The average Bonchev–Trinajstić information content (AvgIpc) is 2.16. The summed E-state index contributed by atoms with van der Waals surface area (Å²) in [6, 6.07) is 2.51. The molecule has 0 amide bonds. The predicted molar refractivity (Wildman–Crippen MR) is 52.7 cm³/mol. The van der Waals surface area contributed by atoms with Crippen LogP contribution in [0.15, 0.2) is 12.1 Å². The van der Waals surface area contributed by atoms with E-state index < -0.39 is 6.43 Å². The van der Waals surface area contributed by atoms with Crippen LogP contribution >= 0.6 is 0 Å². The molecule has 0 saturated heterocycles. The van der Waals surface area contributed by atoms with E-state index in [1.165, 1.54) is 26.2 Å². The first kappa shape index (κ1) is 11.6. The molecule has 0 atom stereocenters. The summed E-state index contributed by atoms with van der Waals surface area (Å²) in [4.78, 5) is 11.2. The zero-order valence-electron chi connectivity index (χ0n) is 8.80. The molecule has 0 heterocycles. The Hall–Kier alpha value is -1.45. The Kier molecular flexibility index (Phi) is 3.39. The minimum absolute atomic E-state index is 0.154. The molecule has 82 valence electrons. The minimum atomic E-state index is -2.58. The molecule has 0 spiro atoms. The summed E-state index contributed by atoms with van der Waals surface area (Å²) in [5.74, 6) is 0.0874. The second kappa shape index (κ2) is 4.38. The first-order chi connectivity index (χ1) is 6.97. The van der Waals surface area contributed by atoms with Gasteiger partial charge in [-0.15, -0.1) is 0 Å². The predicted octanol–water partition coefficient (Wildman–Crippen LogP) is 3.14. The first-order valence-electron chi connectivity index (χ1n) is 4.45. The van der Waals surface area contributed by atoms with Crippen LogP contribution in [0.1, 0.15) is 34.8 Å². The van der Waals surface area contributed by atoms with Crippen molar-refractivity contribution in [1.82, 2.24) is 0 Å². The van der Waals surface area contributed by atoms with Gasteiger partial charge in [0, 0.05) is 5.56 Å². The van der Waals surface area contributed by atoms with Crippen molar-refractivity contribution in [2.75, 3.05) is 7.11 Å². The van der Waals surface area contributed by atoms with Crippen molar-refractivity contribution in [3.8, 4) is 5.75 Å². The molecule has 4 heteroatoms. The molecule has 1 aromatic rings. The molecule has 0 saturated carbocycles. The number of halogens is 2. The topological polar surface area (TPSA) is 26.3 Å². The van der Waals surface area contributed by atoms with Crippen molar-refractivity contribution in [1.29, 1.82) is 0 Å². The summed E-state index contributed by atoms with van der Waals surface area (Å²) in [6.45, 7) is 2.96. The van der Waals surface area contributed by atoms with Crippen LogP contribution < -0.4 is 4.74 Å². The maximum absolute atomic E-state index is 12.5. The van der Waals surface area contributed by atoms with Gasteiger partial charge in [0.05, 0.1) is 12.7 Å². The Morgan fingerprint density at radius 3 is 2.40 bits per heavy atom. The highest BCUT2D eigenvalue weighted by Gasteiger charge is 2.16. The molecule has 1 aromatic carbocycles. The lowest BCUT2D eigenvalue weighted by molar-refractivity contribution is 0.101. The van der Waals surface area contributed by atoms with E-state index in [4.69, 9.17) is 4.74 Å². The summed E-state index contributed by atoms with van der Waals surface area (Å²) in [5.41, 5.74) is 0.590. The van der Waals surface area contributed by atoms with Gasteiger partial charge in [-0.2, -0.15) is 0 Å². The maximum atomic E-state index is 12.5. The normalized spacial score (nSPS) is 10.5. The number of alkyl halides is 2. The average molecular weight is 214 g/mol. The van der Waals surface area contributed by atoms with Gasteiger partial charge in [0.15, 0.2) is 5.78 Å². The van der Waals surface area contributed by atoms with E-state index >= 15 is 0 Å². The van der Waals surface area contributed by atoms with Gasteiger partial charge in [-0.25, -0.2) is 8.78 Å². The molecule has 0 aromatic heterocycles. The first-order valence-corrected chi connectivity index (χ1v) is 4.45. The van der Waals surface area contributed by atoms with Crippen molar-refractivity contribution in [2.24, 2.45) is 0 Å². The fourth-order valence-electron chi connectivity index (χ4n) is 1.46. The molecular formula is C11H12F2O2. The molecule has 15 heavy (non-hydrogen) atoms. The van der Waals surface area contributed by atoms with Crippen molar-refractivity contribution in [3.63, 3.8) is 0 Å². The van der Waals surface area contributed by atoms with Crippen LogP contribution in [0.2, 0.25) is 0 Å². The van der Waals surface area contributed by atoms with E-state index in [0.29, 0.717) is 11.3 Å². The second-order valence-electron chi connectivity index (χ2n) is 3.28. The number of carbonyl (C=O) groups is 1. The minimum Gasteiger partial charge on any atom is -0.496 e. The van der Waals surface area contributed by atoms with Crippen molar-refractivity contribution >= 4 is 5.78 Å². The van der Waals surface area contributed by atoms with E-state index in [-0.39, 0.29) is 16.9 Å². The summed E-state index contributed by atoms with van der Waals surface area (Å²) in [5, 5.41) is 0. The summed E-state index contributed by atoms with van der Waals surface area (Å²) < 4.78 is 30.0. The Balaban J connectivity index is 3.38. The number of ketones is 1. The number of rotatable bonds is 3. The van der Waals surface area contributed by atoms with Gasteiger partial charge in [-0.3, -0.25) is 4.79 Å². The number of ether oxygens (including phenoxy) is 1. The van der Waals surface area contributed by atoms with E-state index in [1.54, 1.807) is 6.92 Å². The number of benzene rings is 1. The van der Waals surface area contributed by atoms with Gasteiger partial charge in [-0.1, -0.05) is 0 Å². The zero-order valence-corrected chi connectivity index (χ0v) is 8.80. The van der Waals surface area contributed by atoms with Crippen LogP contribution in [0.25, 0.3) is 0 Å². The van der Waals surface area contributed by atoms with Crippen molar-refractivity contribution in [2.45, 2.75) is 20.3 Å². The molecule has 0 N–H and O–H groups in total. The van der Waals surface area contributed by atoms with Gasteiger partial charge in [0.2, 0.25) is 0 Å². The number of hydrogen-bond acceptors (Lipinski definition) is 2. The van der Waals surface area contributed by atoms with Crippen LogP contribution in [-0.2, 0) is 0 Å². The molecule has 0 aliphatic rings.